The minimum atomic E-state index is 0.527. The van der Waals surface area contributed by atoms with E-state index in [1.165, 1.54) is 5.56 Å². The van der Waals surface area contributed by atoms with Gasteiger partial charge in [0.15, 0.2) is 5.96 Å². The zero-order valence-corrected chi connectivity index (χ0v) is 10.1. The summed E-state index contributed by atoms with van der Waals surface area (Å²) in [6.07, 6.45) is 1.02. The smallest absolute Gasteiger partial charge is 0.188 e. The average molecular weight is 219 g/mol. The Balaban J connectivity index is 2.36. The van der Waals surface area contributed by atoms with Gasteiger partial charge in [0.2, 0.25) is 0 Å². The molecule has 88 valence electrons. The third-order valence-electron chi connectivity index (χ3n) is 2.57. The van der Waals surface area contributed by atoms with Crippen LogP contribution in [0.15, 0.2) is 35.3 Å². The van der Waals surface area contributed by atoms with Crippen molar-refractivity contribution in [1.82, 2.24) is 5.32 Å². The average Bonchev–Trinajstić information content (AvgIpc) is 2.30. The number of aliphatic imine (C=N–C) groups is 1. The SMILES string of the molecule is CCNC(N)=NCCC(C)c1ccccc1. The normalized spacial score (nSPS) is 13.5. The van der Waals surface area contributed by atoms with E-state index in [0.29, 0.717) is 11.9 Å². The molecule has 16 heavy (non-hydrogen) atoms. The third-order valence-corrected chi connectivity index (χ3v) is 2.57. The Hall–Kier alpha value is -1.51. The molecule has 1 aromatic carbocycles. The Morgan fingerprint density at radius 3 is 2.69 bits per heavy atom. The second-order valence-electron chi connectivity index (χ2n) is 3.90. The molecule has 1 rings (SSSR count). The van der Waals surface area contributed by atoms with E-state index in [4.69, 9.17) is 5.73 Å². The predicted molar refractivity (Wildman–Crippen MR) is 69.6 cm³/mol. The molecule has 1 atom stereocenters. The maximum absolute atomic E-state index is 5.65. The first kappa shape index (κ1) is 12.6. The fourth-order valence-electron chi connectivity index (χ4n) is 1.56. The van der Waals surface area contributed by atoms with Crippen LogP contribution in [0.1, 0.15) is 31.7 Å². The summed E-state index contributed by atoms with van der Waals surface area (Å²) < 4.78 is 0. The van der Waals surface area contributed by atoms with Gasteiger partial charge in [-0.25, -0.2) is 0 Å². The standard InChI is InChI=1S/C13H21N3/c1-3-15-13(14)16-10-9-11(2)12-7-5-4-6-8-12/h4-8,11H,3,9-10H2,1-2H3,(H3,14,15,16). The first-order valence-electron chi connectivity index (χ1n) is 5.82. The van der Waals surface area contributed by atoms with Crippen molar-refractivity contribution < 1.29 is 0 Å². The highest BCUT2D eigenvalue weighted by Gasteiger charge is 2.03. The van der Waals surface area contributed by atoms with Gasteiger partial charge in [0.05, 0.1) is 0 Å². The van der Waals surface area contributed by atoms with Crippen molar-refractivity contribution in [3.05, 3.63) is 35.9 Å². The van der Waals surface area contributed by atoms with Crippen LogP contribution >= 0.6 is 0 Å². The Morgan fingerprint density at radius 2 is 2.06 bits per heavy atom. The van der Waals surface area contributed by atoms with E-state index in [2.05, 4.69) is 41.5 Å². The molecule has 1 unspecified atom stereocenters. The number of hydrogen-bond acceptors (Lipinski definition) is 1. The number of nitrogens with two attached hydrogens (primary N) is 1. The van der Waals surface area contributed by atoms with Gasteiger partial charge in [-0.3, -0.25) is 4.99 Å². The second kappa shape index (κ2) is 6.88. The minimum absolute atomic E-state index is 0.527. The van der Waals surface area contributed by atoms with E-state index in [1.54, 1.807) is 0 Å². The van der Waals surface area contributed by atoms with Crippen molar-refractivity contribution in [3.8, 4) is 0 Å². The molecular formula is C13H21N3. The van der Waals surface area contributed by atoms with E-state index in [1.807, 2.05) is 13.0 Å². The first-order valence-corrected chi connectivity index (χ1v) is 5.82. The topological polar surface area (TPSA) is 50.4 Å². The largest absolute Gasteiger partial charge is 0.370 e. The lowest BCUT2D eigenvalue weighted by molar-refractivity contribution is 0.688. The van der Waals surface area contributed by atoms with Crippen LogP contribution < -0.4 is 11.1 Å². The molecule has 0 spiro atoms. The van der Waals surface area contributed by atoms with E-state index < -0.39 is 0 Å². The van der Waals surface area contributed by atoms with Gasteiger partial charge in [-0.2, -0.15) is 0 Å². The molecule has 1 aromatic rings. The quantitative estimate of drug-likeness (QED) is 0.588. The van der Waals surface area contributed by atoms with Crippen LogP contribution in [0.2, 0.25) is 0 Å². The lowest BCUT2D eigenvalue weighted by atomic mass is 9.98. The highest BCUT2D eigenvalue weighted by atomic mass is 15.1. The van der Waals surface area contributed by atoms with Gasteiger partial charge < -0.3 is 11.1 Å². The summed E-state index contributed by atoms with van der Waals surface area (Å²) in [6.45, 7) is 5.82. The highest BCUT2D eigenvalue weighted by Crippen LogP contribution is 2.17. The molecule has 0 aliphatic heterocycles. The summed E-state index contributed by atoms with van der Waals surface area (Å²) in [5, 5.41) is 2.99. The van der Waals surface area contributed by atoms with Crippen molar-refractivity contribution in [2.45, 2.75) is 26.2 Å². The monoisotopic (exact) mass is 219 g/mol. The number of hydrogen-bond donors (Lipinski definition) is 2. The number of nitrogens with zero attached hydrogens (tertiary/aromatic N) is 1. The lowest BCUT2D eigenvalue weighted by Crippen LogP contribution is -2.31. The molecule has 0 saturated carbocycles. The zero-order valence-electron chi connectivity index (χ0n) is 10.1. The fourth-order valence-corrected chi connectivity index (χ4v) is 1.56. The van der Waals surface area contributed by atoms with E-state index in [9.17, 15) is 0 Å². The number of benzene rings is 1. The Labute approximate surface area is 97.8 Å². The number of rotatable bonds is 5. The highest BCUT2D eigenvalue weighted by molar-refractivity contribution is 5.77. The van der Waals surface area contributed by atoms with Crippen LogP contribution in [0.5, 0.6) is 0 Å². The van der Waals surface area contributed by atoms with Crippen molar-refractivity contribution >= 4 is 5.96 Å². The molecule has 3 nitrogen and oxygen atoms in total. The van der Waals surface area contributed by atoms with Crippen molar-refractivity contribution in [2.75, 3.05) is 13.1 Å². The summed E-state index contributed by atoms with van der Waals surface area (Å²) in [4.78, 5) is 4.26. The van der Waals surface area contributed by atoms with Crippen LogP contribution in [0.3, 0.4) is 0 Å². The van der Waals surface area contributed by atoms with Crippen LogP contribution in [0, 0.1) is 0 Å². The number of guanidine groups is 1. The second-order valence-corrected chi connectivity index (χ2v) is 3.90. The molecular weight excluding hydrogens is 198 g/mol. The Kier molecular flexibility index (Phi) is 5.40. The molecule has 0 aliphatic rings. The van der Waals surface area contributed by atoms with Gasteiger partial charge >= 0.3 is 0 Å². The molecule has 0 bridgehead atoms. The number of nitrogens with one attached hydrogen (secondary N) is 1. The summed E-state index contributed by atoms with van der Waals surface area (Å²) in [5.41, 5.74) is 7.01. The molecule has 0 amide bonds. The maximum atomic E-state index is 5.65. The first-order chi connectivity index (χ1) is 7.74. The van der Waals surface area contributed by atoms with Crippen LogP contribution in [-0.2, 0) is 0 Å². The fraction of sp³-hybridized carbons (Fsp3) is 0.462. The van der Waals surface area contributed by atoms with Gasteiger partial charge in [-0.05, 0) is 24.8 Å². The maximum Gasteiger partial charge on any atom is 0.188 e. The van der Waals surface area contributed by atoms with Gasteiger partial charge in [0, 0.05) is 13.1 Å². The molecule has 0 saturated heterocycles. The molecule has 3 heteroatoms. The summed E-state index contributed by atoms with van der Waals surface area (Å²) in [5.74, 6) is 1.07. The van der Waals surface area contributed by atoms with E-state index in [-0.39, 0.29) is 0 Å². The van der Waals surface area contributed by atoms with Gasteiger partial charge in [0.25, 0.3) is 0 Å². The summed E-state index contributed by atoms with van der Waals surface area (Å²) >= 11 is 0. The molecule has 0 aromatic heterocycles. The molecule has 0 radical (unpaired) electrons. The van der Waals surface area contributed by atoms with Crippen molar-refractivity contribution in [3.63, 3.8) is 0 Å². The lowest BCUT2D eigenvalue weighted by Gasteiger charge is -2.10. The van der Waals surface area contributed by atoms with Crippen LogP contribution in [0.25, 0.3) is 0 Å². The predicted octanol–water partition coefficient (Wildman–Crippen LogP) is 2.10. The van der Waals surface area contributed by atoms with Gasteiger partial charge in [0.1, 0.15) is 0 Å². The Morgan fingerprint density at radius 1 is 1.38 bits per heavy atom. The zero-order chi connectivity index (χ0) is 11.8. The van der Waals surface area contributed by atoms with Gasteiger partial charge in [-0.1, -0.05) is 37.3 Å². The van der Waals surface area contributed by atoms with E-state index >= 15 is 0 Å². The van der Waals surface area contributed by atoms with Crippen molar-refractivity contribution in [1.29, 1.82) is 0 Å². The van der Waals surface area contributed by atoms with Crippen LogP contribution in [0.4, 0.5) is 0 Å². The summed E-state index contributed by atoms with van der Waals surface area (Å²) in [7, 11) is 0. The summed E-state index contributed by atoms with van der Waals surface area (Å²) in [6, 6.07) is 10.5. The molecule has 0 fully saturated rings. The van der Waals surface area contributed by atoms with Crippen LogP contribution in [-0.4, -0.2) is 19.0 Å². The molecule has 3 N–H and O–H groups in total. The minimum Gasteiger partial charge on any atom is -0.370 e. The molecule has 0 aliphatic carbocycles. The van der Waals surface area contributed by atoms with E-state index in [0.717, 1.165) is 19.5 Å². The van der Waals surface area contributed by atoms with Gasteiger partial charge in [-0.15, -0.1) is 0 Å². The van der Waals surface area contributed by atoms with Crippen molar-refractivity contribution in [2.24, 2.45) is 10.7 Å². The third kappa shape index (κ3) is 4.34. The molecule has 0 heterocycles. The Bertz CT molecular complexity index is 319.